The van der Waals surface area contributed by atoms with Crippen LogP contribution in [0.2, 0.25) is 0 Å². The van der Waals surface area contributed by atoms with E-state index in [0.29, 0.717) is 18.1 Å². The van der Waals surface area contributed by atoms with Gasteiger partial charge in [-0.05, 0) is 38.1 Å². The lowest BCUT2D eigenvalue weighted by molar-refractivity contribution is -0.139. The average molecular weight is 334 g/mol. The second kappa shape index (κ2) is 6.05. The van der Waals surface area contributed by atoms with Crippen LogP contribution in [0, 0.1) is 0 Å². The predicted molar refractivity (Wildman–Crippen MR) is 95.1 cm³/mol. The van der Waals surface area contributed by atoms with Crippen LogP contribution in [0.15, 0.2) is 59.9 Å². The van der Waals surface area contributed by atoms with Crippen LogP contribution in [-0.2, 0) is 9.53 Å². The van der Waals surface area contributed by atoms with Gasteiger partial charge in [0.1, 0.15) is 6.04 Å². The second-order valence-electron chi connectivity index (χ2n) is 5.84. The summed E-state index contributed by atoms with van der Waals surface area (Å²) in [5, 5.41) is 3.24. The molecule has 3 aromatic rings. The average Bonchev–Trinajstić information content (AvgIpc) is 2.99. The van der Waals surface area contributed by atoms with E-state index in [1.807, 2.05) is 54.0 Å². The first-order valence-corrected chi connectivity index (χ1v) is 8.23. The Morgan fingerprint density at radius 1 is 1.24 bits per heavy atom. The Morgan fingerprint density at radius 2 is 2.04 bits per heavy atom. The molecule has 0 saturated heterocycles. The van der Waals surface area contributed by atoms with Gasteiger partial charge in [0.2, 0.25) is 5.95 Å². The van der Waals surface area contributed by atoms with E-state index in [0.717, 1.165) is 22.4 Å². The predicted octanol–water partition coefficient (Wildman–Crippen LogP) is 3.28. The molecule has 126 valence electrons. The number of aromatic nitrogens is 3. The lowest BCUT2D eigenvalue weighted by atomic mass is 9.99. The van der Waals surface area contributed by atoms with Gasteiger partial charge >= 0.3 is 5.97 Å². The van der Waals surface area contributed by atoms with E-state index in [1.54, 1.807) is 13.1 Å². The van der Waals surface area contributed by atoms with Crippen LogP contribution in [0.3, 0.4) is 0 Å². The third kappa shape index (κ3) is 2.46. The van der Waals surface area contributed by atoms with Gasteiger partial charge in [-0.15, -0.1) is 0 Å². The van der Waals surface area contributed by atoms with Crippen molar-refractivity contribution in [1.29, 1.82) is 0 Å². The summed E-state index contributed by atoms with van der Waals surface area (Å²) < 4.78 is 7.32. The Balaban J connectivity index is 1.98. The molecule has 4 rings (SSSR count). The Labute approximate surface area is 145 Å². The van der Waals surface area contributed by atoms with Crippen LogP contribution in [0.1, 0.15) is 25.6 Å². The molecule has 2 aromatic heterocycles. The molecule has 3 heterocycles. The third-order valence-electron chi connectivity index (χ3n) is 4.29. The molecule has 0 bridgehead atoms. The number of hydrogen-bond acceptors (Lipinski definition) is 5. The first-order valence-electron chi connectivity index (χ1n) is 8.23. The smallest absolute Gasteiger partial charge is 0.338 e. The molecule has 1 N–H and O–H groups in total. The maximum absolute atomic E-state index is 12.7. The van der Waals surface area contributed by atoms with Crippen molar-refractivity contribution in [2.24, 2.45) is 0 Å². The number of carbonyl (C=O) groups is 1. The first kappa shape index (κ1) is 15.4. The minimum absolute atomic E-state index is 0.322. The number of rotatable bonds is 3. The summed E-state index contributed by atoms with van der Waals surface area (Å²) in [7, 11) is 0. The van der Waals surface area contributed by atoms with Crippen molar-refractivity contribution in [2.75, 3.05) is 11.9 Å². The molecule has 0 spiro atoms. The molecular weight excluding hydrogens is 316 g/mol. The number of carbonyl (C=O) groups excluding carboxylic acids is 1. The van der Waals surface area contributed by atoms with Crippen LogP contribution in [-0.4, -0.2) is 27.1 Å². The molecule has 25 heavy (non-hydrogen) atoms. The van der Waals surface area contributed by atoms with E-state index < -0.39 is 0 Å². The third-order valence-corrected chi connectivity index (χ3v) is 4.29. The number of anilines is 1. The summed E-state index contributed by atoms with van der Waals surface area (Å²) >= 11 is 0. The van der Waals surface area contributed by atoms with E-state index in [4.69, 9.17) is 4.74 Å². The van der Waals surface area contributed by atoms with E-state index in [2.05, 4.69) is 15.3 Å². The van der Waals surface area contributed by atoms with Gasteiger partial charge in [0, 0.05) is 11.9 Å². The zero-order valence-electron chi connectivity index (χ0n) is 14.1. The van der Waals surface area contributed by atoms with E-state index in [1.165, 1.54) is 0 Å². The van der Waals surface area contributed by atoms with Crippen LogP contribution in [0.5, 0.6) is 0 Å². The fourth-order valence-corrected chi connectivity index (χ4v) is 3.25. The van der Waals surface area contributed by atoms with Crippen LogP contribution >= 0.6 is 0 Å². The molecule has 0 saturated carbocycles. The number of para-hydroxylation sites is 2. The number of nitrogens with one attached hydrogen (secondary N) is 1. The molecule has 1 aromatic carbocycles. The number of ether oxygens (including phenoxy) is 1. The topological polar surface area (TPSA) is 69.0 Å². The number of pyridine rings is 1. The zero-order valence-corrected chi connectivity index (χ0v) is 14.1. The summed E-state index contributed by atoms with van der Waals surface area (Å²) in [6.07, 6.45) is 1.73. The van der Waals surface area contributed by atoms with Crippen molar-refractivity contribution in [2.45, 2.75) is 19.9 Å². The van der Waals surface area contributed by atoms with E-state index in [9.17, 15) is 4.79 Å². The maximum atomic E-state index is 12.7. The Morgan fingerprint density at radius 3 is 2.80 bits per heavy atom. The zero-order chi connectivity index (χ0) is 17.4. The van der Waals surface area contributed by atoms with Crippen LogP contribution in [0.4, 0.5) is 5.95 Å². The number of nitrogens with zero attached hydrogens (tertiary/aromatic N) is 3. The number of esters is 1. The van der Waals surface area contributed by atoms with E-state index >= 15 is 0 Å². The van der Waals surface area contributed by atoms with E-state index in [-0.39, 0.29) is 12.0 Å². The second-order valence-corrected chi connectivity index (χ2v) is 5.84. The lowest BCUT2D eigenvalue weighted by Crippen LogP contribution is -2.29. The molecule has 0 aliphatic carbocycles. The molecule has 0 amide bonds. The van der Waals surface area contributed by atoms with Gasteiger partial charge < -0.3 is 10.1 Å². The first-order chi connectivity index (χ1) is 12.2. The fraction of sp³-hybridized carbons (Fsp3) is 0.211. The largest absolute Gasteiger partial charge is 0.463 e. The quantitative estimate of drug-likeness (QED) is 0.745. The van der Waals surface area contributed by atoms with Gasteiger partial charge in [-0.2, -0.15) is 0 Å². The molecule has 0 radical (unpaired) electrons. The van der Waals surface area contributed by atoms with Crippen molar-refractivity contribution in [3.05, 3.63) is 65.6 Å². The van der Waals surface area contributed by atoms with Crippen LogP contribution in [0.25, 0.3) is 11.0 Å². The number of benzene rings is 1. The van der Waals surface area contributed by atoms with Crippen molar-refractivity contribution >= 4 is 23.0 Å². The standard InChI is InChI=1S/C19H18N4O2/c1-3-25-18(24)16-12(2)21-19-22-13-8-4-5-10-15(13)23(19)17(16)14-9-6-7-11-20-14/h4-11,17H,3H2,1-2H3,(H,21,22). The number of fused-ring (bicyclic) bond motifs is 3. The highest BCUT2D eigenvalue weighted by molar-refractivity contribution is 5.93. The number of hydrogen-bond donors (Lipinski definition) is 1. The monoisotopic (exact) mass is 334 g/mol. The number of imidazole rings is 1. The van der Waals surface area contributed by atoms with Crippen molar-refractivity contribution in [3.63, 3.8) is 0 Å². The summed E-state index contributed by atoms with van der Waals surface area (Å²) in [6.45, 7) is 3.99. The highest BCUT2D eigenvalue weighted by Gasteiger charge is 2.35. The normalized spacial score (nSPS) is 16.5. The van der Waals surface area contributed by atoms with Gasteiger partial charge in [-0.25, -0.2) is 9.78 Å². The molecule has 6 nitrogen and oxygen atoms in total. The SMILES string of the molecule is CCOC(=O)C1=C(C)Nc2nc3ccccc3n2C1c1ccccn1. The molecule has 0 fully saturated rings. The maximum Gasteiger partial charge on any atom is 0.338 e. The number of allylic oxidation sites excluding steroid dienone is 1. The van der Waals surface area contributed by atoms with Gasteiger partial charge in [0.15, 0.2) is 0 Å². The summed E-state index contributed by atoms with van der Waals surface area (Å²) in [5.41, 5.74) is 3.86. The Bertz CT molecular complexity index is 976. The van der Waals surface area contributed by atoms with Gasteiger partial charge in [0.05, 0.1) is 28.9 Å². The Kier molecular flexibility index (Phi) is 3.72. The highest BCUT2D eigenvalue weighted by Crippen LogP contribution is 2.38. The van der Waals surface area contributed by atoms with Crippen molar-refractivity contribution < 1.29 is 9.53 Å². The van der Waals surface area contributed by atoms with Gasteiger partial charge in [0.25, 0.3) is 0 Å². The summed E-state index contributed by atoms with van der Waals surface area (Å²) in [6, 6.07) is 13.2. The van der Waals surface area contributed by atoms with Crippen molar-refractivity contribution in [1.82, 2.24) is 14.5 Å². The lowest BCUT2D eigenvalue weighted by Gasteiger charge is -2.29. The van der Waals surface area contributed by atoms with Gasteiger partial charge in [-0.3, -0.25) is 9.55 Å². The molecule has 1 unspecified atom stereocenters. The molecule has 1 atom stereocenters. The Hall–Kier alpha value is -3.15. The van der Waals surface area contributed by atoms with Crippen LogP contribution < -0.4 is 5.32 Å². The minimum Gasteiger partial charge on any atom is -0.463 e. The molecule has 1 aliphatic heterocycles. The highest BCUT2D eigenvalue weighted by atomic mass is 16.5. The molecule has 1 aliphatic rings. The summed E-state index contributed by atoms with van der Waals surface area (Å²) in [5.74, 6) is 0.356. The minimum atomic E-state index is -0.385. The summed E-state index contributed by atoms with van der Waals surface area (Å²) in [4.78, 5) is 21.8. The fourth-order valence-electron chi connectivity index (χ4n) is 3.25. The molecular formula is C19H18N4O2. The van der Waals surface area contributed by atoms with Gasteiger partial charge in [-0.1, -0.05) is 18.2 Å². The van der Waals surface area contributed by atoms with Crippen molar-refractivity contribution in [3.8, 4) is 0 Å². The molecule has 6 heteroatoms.